The summed E-state index contributed by atoms with van der Waals surface area (Å²) in [5.41, 5.74) is 0.425. The number of nitrogens with one attached hydrogen (secondary N) is 1. The van der Waals surface area contributed by atoms with Gasteiger partial charge in [-0.25, -0.2) is 0 Å². The molecular weight excluding hydrogens is 252 g/mol. The molecule has 1 saturated heterocycles. The zero-order chi connectivity index (χ0) is 14.4. The molecule has 0 spiro atoms. The first-order valence-electron chi connectivity index (χ1n) is 7.25. The lowest BCUT2D eigenvalue weighted by atomic mass is 9.99. The first-order chi connectivity index (χ1) is 9.76. The number of carbonyl (C=O) groups excluding carboxylic acids is 1. The summed E-state index contributed by atoms with van der Waals surface area (Å²) in [6.07, 6.45) is 6.13. The van der Waals surface area contributed by atoms with Crippen LogP contribution >= 0.6 is 0 Å². The second-order valence-electron chi connectivity index (χ2n) is 5.03. The number of likely N-dealkylation sites (tertiary alicyclic amines) is 1. The first kappa shape index (κ1) is 14.5. The number of rotatable bonds is 5. The highest BCUT2D eigenvalue weighted by Gasteiger charge is 2.27. The van der Waals surface area contributed by atoms with Crippen LogP contribution in [0.5, 0.6) is 0 Å². The number of carbonyl (C=O) groups is 1. The Morgan fingerprint density at radius 3 is 3.00 bits per heavy atom. The third-order valence-corrected chi connectivity index (χ3v) is 3.67. The third kappa shape index (κ3) is 3.35. The second kappa shape index (κ2) is 7.03. The average Bonchev–Trinajstić information content (AvgIpc) is 2.52. The summed E-state index contributed by atoms with van der Waals surface area (Å²) in [6, 6.07) is 3.87. The van der Waals surface area contributed by atoms with E-state index in [2.05, 4.69) is 29.0 Å². The molecule has 1 aromatic rings. The van der Waals surface area contributed by atoms with Crippen molar-refractivity contribution in [2.75, 3.05) is 18.4 Å². The molecule has 0 radical (unpaired) electrons. The fourth-order valence-corrected chi connectivity index (χ4v) is 2.56. The predicted octanol–water partition coefficient (Wildman–Crippen LogP) is 2.48. The Bertz CT molecular complexity index is 457. The number of nitrogens with zero attached hydrogens (tertiary/aromatic N) is 3. The standard InChI is InChI=1S/C15H22N4O/c1-3-10-16-14-9-8-13(17-18-14)15(20)19-11-6-5-7-12(19)4-2/h3,8-9,12H,1,4-7,10-11H2,2H3,(H,16,18). The monoisotopic (exact) mass is 274 g/mol. The van der Waals surface area contributed by atoms with Crippen molar-refractivity contribution in [3.05, 3.63) is 30.5 Å². The molecule has 5 heteroatoms. The van der Waals surface area contributed by atoms with Crippen molar-refractivity contribution in [2.24, 2.45) is 0 Å². The molecule has 20 heavy (non-hydrogen) atoms. The molecule has 1 amide bonds. The topological polar surface area (TPSA) is 58.1 Å². The summed E-state index contributed by atoms with van der Waals surface area (Å²) in [7, 11) is 0. The lowest BCUT2D eigenvalue weighted by Crippen LogP contribution is -2.43. The lowest BCUT2D eigenvalue weighted by Gasteiger charge is -2.34. The number of hydrogen-bond acceptors (Lipinski definition) is 4. The van der Waals surface area contributed by atoms with Crippen LogP contribution in [0.25, 0.3) is 0 Å². The number of anilines is 1. The van der Waals surface area contributed by atoms with Crippen LogP contribution in [0.3, 0.4) is 0 Å². The Morgan fingerprint density at radius 2 is 2.35 bits per heavy atom. The summed E-state index contributed by atoms with van der Waals surface area (Å²) >= 11 is 0. The molecule has 1 aliphatic rings. The minimum absolute atomic E-state index is 0.000629. The largest absolute Gasteiger partial charge is 0.365 e. The maximum Gasteiger partial charge on any atom is 0.274 e. The predicted molar refractivity (Wildman–Crippen MR) is 79.7 cm³/mol. The van der Waals surface area contributed by atoms with Gasteiger partial charge in [0.1, 0.15) is 5.82 Å². The fourth-order valence-electron chi connectivity index (χ4n) is 2.56. The Hall–Kier alpha value is -1.91. The SMILES string of the molecule is C=CCNc1ccc(C(=O)N2CCCCC2CC)nn1. The molecule has 1 unspecified atom stereocenters. The minimum Gasteiger partial charge on any atom is -0.365 e. The van der Waals surface area contributed by atoms with Crippen LogP contribution in [0.2, 0.25) is 0 Å². The summed E-state index contributed by atoms with van der Waals surface area (Å²) < 4.78 is 0. The Balaban J connectivity index is 2.05. The van der Waals surface area contributed by atoms with Gasteiger partial charge in [0, 0.05) is 19.1 Å². The van der Waals surface area contributed by atoms with Crippen LogP contribution in [0.4, 0.5) is 5.82 Å². The smallest absolute Gasteiger partial charge is 0.274 e. The zero-order valence-corrected chi connectivity index (χ0v) is 12.0. The van der Waals surface area contributed by atoms with Crippen molar-refractivity contribution in [3.63, 3.8) is 0 Å². The Labute approximate surface area is 120 Å². The number of aromatic nitrogens is 2. The van der Waals surface area contributed by atoms with E-state index in [0.29, 0.717) is 24.1 Å². The first-order valence-corrected chi connectivity index (χ1v) is 7.25. The van der Waals surface area contributed by atoms with Gasteiger partial charge in [-0.15, -0.1) is 16.8 Å². The molecule has 0 bridgehead atoms. The van der Waals surface area contributed by atoms with E-state index in [1.54, 1.807) is 18.2 Å². The van der Waals surface area contributed by atoms with E-state index in [1.165, 1.54) is 6.42 Å². The van der Waals surface area contributed by atoms with Gasteiger partial charge in [-0.3, -0.25) is 4.79 Å². The average molecular weight is 274 g/mol. The molecule has 1 fully saturated rings. The molecule has 0 saturated carbocycles. The molecule has 0 aliphatic carbocycles. The van der Waals surface area contributed by atoms with Gasteiger partial charge in [0.2, 0.25) is 0 Å². The van der Waals surface area contributed by atoms with Crippen molar-refractivity contribution >= 4 is 11.7 Å². The van der Waals surface area contributed by atoms with E-state index in [-0.39, 0.29) is 5.91 Å². The van der Waals surface area contributed by atoms with Crippen LogP contribution in [-0.2, 0) is 0 Å². The van der Waals surface area contributed by atoms with Crippen LogP contribution in [0.15, 0.2) is 24.8 Å². The fraction of sp³-hybridized carbons (Fsp3) is 0.533. The molecule has 1 atom stereocenters. The summed E-state index contributed by atoms with van der Waals surface area (Å²) in [4.78, 5) is 14.4. The molecule has 1 aromatic heterocycles. The molecular formula is C15H22N4O. The van der Waals surface area contributed by atoms with E-state index < -0.39 is 0 Å². The zero-order valence-electron chi connectivity index (χ0n) is 12.0. The van der Waals surface area contributed by atoms with Gasteiger partial charge in [-0.2, -0.15) is 0 Å². The molecule has 1 N–H and O–H groups in total. The lowest BCUT2D eigenvalue weighted by molar-refractivity contribution is 0.0601. The van der Waals surface area contributed by atoms with Gasteiger partial charge in [-0.1, -0.05) is 13.0 Å². The summed E-state index contributed by atoms with van der Waals surface area (Å²) in [5.74, 6) is 0.659. The molecule has 2 heterocycles. The third-order valence-electron chi connectivity index (χ3n) is 3.67. The molecule has 0 aromatic carbocycles. The van der Waals surface area contributed by atoms with Crippen LogP contribution in [0.1, 0.15) is 43.1 Å². The van der Waals surface area contributed by atoms with E-state index in [4.69, 9.17) is 0 Å². The highest BCUT2D eigenvalue weighted by atomic mass is 16.2. The van der Waals surface area contributed by atoms with Gasteiger partial charge < -0.3 is 10.2 Å². The molecule has 5 nitrogen and oxygen atoms in total. The Morgan fingerprint density at radius 1 is 1.50 bits per heavy atom. The second-order valence-corrected chi connectivity index (χ2v) is 5.03. The van der Waals surface area contributed by atoms with E-state index in [9.17, 15) is 4.79 Å². The van der Waals surface area contributed by atoms with Gasteiger partial charge in [0.05, 0.1) is 0 Å². The Kier molecular flexibility index (Phi) is 5.09. The van der Waals surface area contributed by atoms with Gasteiger partial charge >= 0.3 is 0 Å². The van der Waals surface area contributed by atoms with Gasteiger partial charge in [0.15, 0.2) is 5.69 Å². The van der Waals surface area contributed by atoms with Gasteiger partial charge in [-0.05, 0) is 37.8 Å². The normalized spacial score (nSPS) is 18.6. The van der Waals surface area contributed by atoms with E-state index >= 15 is 0 Å². The number of hydrogen-bond donors (Lipinski definition) is 1. The summed E-state index contributed by atoms with van der Waals surface area (Å²) in [5, 5.41) is 11.1. The number of piperidine rings is 1. The highest BCUT2D eigenvalue weighted by molar-refractivity contribution is 5.92. The van der Waals surface area contributed by atoms with E-state index in [0.717, 1.165) is 25.8 Å². The molecule has 108 valence electrons. The van der Waals surface area contributed by atoms with Crippen molar-refractivity contribution < 1.29 is 4.79 Å². The number of amides is 1. The van der Waals surface area contributed by atoms with Crippen LogP contribution < -0.4 is 5.32 Å². The van der Waals surface area contributed by atoms with Crippen LogP contribution in [-0.4, -0.2) is 40.1 Å². The van der Waals surface area contributed by atoms with E-state index in [1.807, 2.05) is 4.90 Å². The van der Waals surface area contributed by atoms with Crippen molar-refractivity contribution in [3.8, 4) is 0 Å². The quantitative estimate of drug-likeness (QED) is 0.838. The van der Waals surface area contributed by atoms with Crippen molar-refractivity contribution in [1.29, 1.82) is 0 Å². The highest BCUT2D eigenvalue weighted by Crippen LogP contribution is 2.21. The van der Waals surface area contributed by atoms with Crippen molar-refractivity contribution in [1.82, 2.24) is 15.1 Å². The van der Waals surface area contributed by atoms with Gasteiger partial charge in [0.25, 0.3) is 5.91 Å². The molecule has 1 aliphatic heterocycles. The maximum absolute atomic E-state index is 12.5. The molecule has 2 rings (SSSR count). The maximum atomic E-state index is 12.5. The minimum atomic E-state index is -0.000629. The summed E-state index contributed by atoms with van der Waals surface area (Å²) in [6.45, 7) is 7.22. The van der Waals surface area contributed by atoms with Crippen molar-refractivity contribution in [2.45, 2.75) is 38.6 Å². The van der Waals surface area contributed by atoms with Crippen LogP contribution in [0, 0.1) is 0 Å².